The van der Waals surface area contributed by atoms with Gasteiger partial charge in [0.2, 0.25) is 0 Å². The molecule has 0 saturated heterocycles. The molecule has 1 N–H and O–H groups in total. The summed E-state index contributed by atoms with van der Waals surface area (Å²) in [6.45, 7) is 0. The molecule has 2 aromatic heterocycles. The largest absolute Gasteiger partial charge is 0.416 e. The number of alkyl halides is 6. The van der Waals surface area contributed by atoms with Gasteiger partial charge in [0.05, 0.1) is 29.2 Å². The van der Waals surface area contributed by atoms with Crippen molar-refractivity contribution in [1.29, 1.82) is 0 Å². The quantitative estimate of drug-likeness (QED) is 0.666. The van der Waals surface area contributed by atoms with Crippen LogP contribution in [0.25, 0.3) is 5.52 Å². The van der Waals surface area contributed by atoms with Crippen molar-refractivity contribution in [3.63, 3.8) is 0 Å². The van der Waals surface area contributed by atoms with Gasteiger partial charge >= 0.3 is 12.4 Å². The van der Waals surface area contributed by atoms with Gasteiger partial charge in [0.15, 0.2) is 0 Å². The first kappa shape index (κ1) is 17.8. The third-order valence-corrected chi connectivity index (χ3v) is 3.52. The summed E-state index contributed by atoms with van der Waals surface area (Å²) in [5.74, 6) is -0.846. The first-order chi connectivity index (χ1) is 12.0. The maximum Gasteiger partial charge on any atom is 0.416 e. The lowest BCUT2D eigenvalue weighted by atomic mass is 10.1. The SMILES string of the molecule is O=C(Nc1cc(C(F)(F)F)cc(C(F)(F)F)c1)c1ccn2cncc2c1. The second-order valence-corrected chi connectivity index (χ2v) is 5.39. The van der Waals surface area contributed by atoms with Gasteiger partial charge in [0.1, 0.15) is 0 Å². The molecular weight excluding hydrogens is 364 g/mol. The number of anilines is 1. The van der Waals surface area contributed by atoms with Gasteiger partial charge in [0, 0.05) is 17.4 Å². The Morgan fingerprint density at radius 3 is 2.15 bits per heavy atom. The lowest BCUT2D eigenvalue weighted by Gasteiger charge is -2.15. The molecule has 0 radical (unpaired) electrons. The van der Waals surface area contributed by atoms with E-state index in [1.165, 1.54) is 30.9 Å². The molecule has 2 heterocycles. The van der Waals surface area contributed by atoms with Crippen LogP contribution in [0.5, 0.6) is 0 Å². The zero-order valence-electron chi connectivity index (χ0n) is 12.7. The van der Waals surface area contributed by atoms with Crippen LogP contribution in [0.2, 0.25) is 0 Å². The number of imidazole rings is 1. The van der Waals surface area contributed by atoms with Crippen LogP contribution in [0, 0.1) is 0 Å². The van der Waals surface area contributed by atoms with E-state index in [0.717, 1.165) is 0 Å². The highest BCUT2D eigenvalue weighted by molar-refractivity contribution is 6.05. The van der Waals surface area contributed by atoms with Crippen LogP contribution in [-0.2, 0) is 12.4 Å². The molecule has 0 aliphatic rings. The van der Waals surface area contributed by atoms with Crippen molar-refractivity contribution in [2.45, 2.75) is 12.4 Å². The average molecular weight is 373 g/mol. The van der Waals surface area contributed by atoms with Crippen molar-refractivity contribution in [2.24, 2.45) is 0 Å². The number of rotatable bonds is 2. The van der Waals surface area contributed by atoms with Crippen LogP contribution in [0.15, 0.2) is 49.1 Å². The number of aromatic nitrogens is 2. The van der Waals surface area contributed by atoms with Gasteiger partial charge in [-0.2, -0.15) is 26.3 Å². The molecule has 0 aliphatic carbocycles. The van der Waals surface area contributed by atoms with Crippen LogP contribution in [0.1, 0.15) is 21.5 Å². The normalized spacial score (nSPS) is 12.4. The first-order valence-corrected chi connectivity index (χ1v) is 7.06. The van der Waals surface area contributed by atoms with Gasteiger partial charge in [-0.3, -0.25) is 4.79 Å². The molecule has 10 heteroatoms. The van der Waals surface area contributed by atoms with Gasteiger partial charge in [-0.15, -0.1) is 0 Å². The van der Waals surface area contributed by atoms with Crippen molar-refractivity contribution < 1.29 is 31.1 Å². The number of amides is 1. The molecule has 0 bridgehead atoms. The summed E-state index contributed by atoms with van der Waals surface area (Å²) in [5.41, 5.74) is -3.02. The van der Waals surface area contributed by atoms with E-state index in [1.54, 1.807) is 4.40 Å². The van der Waals surface area contributed by atoms with Crippen LogP contribution < -0.4 is 5.32 Å². The minimum absolute atomic E-state index is 0.00596. The maximum atomic E-state index is 12.8. The Morgan fingerprint density at radius 2 is 1.58 bits per heavy atom. The minimum atomic E-state index is -4.99. The van der Waals surface area contributed by atoms with Gasteiger partial charge in [-0.25, -0.2) is 4.98 Å². The van der Waals surface area contributed by atoms with Crippen molar-refractivity contribution in [3.05, 3.63) is 65.7 Å². The molecule has 0 aliphatic heterocycles. The van der Waals surface area contributed by atoms with E-state index in [0.29, 0.717) is 17.6 Å². The highest BCUT2D eigenvalue weighted by Gasteiger charge is 2.37. The molecule has 0 saturated carbocycles. The number of benzene rings is 1. The number of pyridine rings is 1. The molecule has 0 atom stereocenters. The Balaban J connectivity index is 1.96. The second kappa shape index (κ2) is 6.04. The minimum Gasteiger partial charge on any atom is -0.322 e. The summed E-state index contributed by atoms with van der Waals surface area (Å²) in [6.07, 6.45) is -5.57. The Hall–Kier alpha value is -3.04. The van der Waals surface area contributed by atoms with E-state index in [1.807, 2.05) is 0 Å². The first-order valence-electron chi connectivity index (χ1n) is 7.06. The zero-order valence-corrected chi connectivity index (χ0v) is 12.7. The summed E-state index contributed by atoms with van der Waals surface area (Å²) in [5, 5.41) is 2.07. The maximum absolute atomic E-state index is 12.8. The van der Waals surface area contributed by atoms with E-state index in [2.05, 4.69) is 10.3 Å². The van der Waals surface area contributed by atoms with E-state index in [9.17, 15) is 31.1 Å². The highest BCUT2D eigenvalue weighted by Crippen LogP contribution is 2.37. The lowest BCUT2D eigenvalue weighted by molar-refractivity contribution is -0.143. The summed E-state index contributed by atoms with van der Waals surface area (Å²) < 4.78 is 78.7. The standard InChI is InChI=1S/C16H9F6N3O/c17-15(18,19)10-4-11(16(20,21)22)6-12(5-10)24-14(26)9-1-2-25-8-23-7-13(25)3-9/h1-8H,(H,24,26). The number of hydrogen-bond acceptors (Lipinski definition) is 2. The predicted molar refractivity (Wildman–Crippen MR) is 79.6 cm³/mol. The summed E-state index contributed by atoms with van der Waals surface area (Å²) in [6, 6.07) is 3.66. The number of nitrogens with zero attached hydrogens (tertiary/aromatic N) is 2. The number of carbonyl (C=O) groups excluding carboxylic acids is 1. The Bertz CT molecular complexity index is 942. The van der Waals surface area contributed by atoms with Crippen LogP contribution in [0.4, 0.5) is 32.0 Å². The third kappa shape index (κ3) is 3.63. The molecule has 0 unspecified atom stereocenters. The van der Waals surface area contributed by atoms with Crippen LogP contribution in [-0.4, -0.2) is 15.3 Å². The van der Waals surface area contributed by atoms with Crippen molar-refractivity contribution in [2.75, 3.05) is 5.32 Å². The Kier molecular flexibility index (Phi) is 4.13. The number of carbonyl (C=O) groups is 1. The fourth-order valence-corrected chi connectivity index (χ4v) is 2.29. The Morgan fingerprint density at radius 1 is 0.962 bits per heavy atom. The second-order valence-electron chi connectivity index (χ2n) is 5.39. The van der Waals surface area contributed by atoms with Gasteiger partial charge in [0.25, 0.3) is 5.91 Å². The summed E-state index contributed by atoms with van der Waals surface area (Å²) in [4.78, 5) is 16.0. The van der Waals surface area contributed by atoms with E-state index in [-0.39, 0.29) is 11.6 Å². The van der Waals surface area contributed by atoms with Gasteiger partial charge < -0.3 is 9.72 Å². The number of fused-ring (bicyclic) bond motifs is 1. The topological polar surface area (TPSA) is 46.4 Å². The summed E-state index contributed by atoms with van der Waals surface area (Å²) >= 11 is 0. The molecule has 3 rings (SSSR count). The van der Waals surface area contributed by atoms with Crippen LogP contribution in [0.3, 0.4) is 0 Å². The number of nitrogens with one attached hydrogen (secondary N) is 1. The lowest BCUT2D eigenvalue weighted by Crippen LogP contribution is -2.16. The molecule has 4 nitrogen and oxygen atoms in total. The molecule has 1 aromatic carbocycles. The Labute approximate surface area is 142 Å². The van der Waals surface area contributed by atoms with E-state index in [4.69, 9.17) is 0 Å². The number of halogens is 6. The molecular formula is C16H9F6N3O. The fraction of sp³-hybridized carbons (Fsp3) is 0.125. The molecule has 1 amide bonds. The monoisotopic (exact) mass is 373 g/mol. The fourth-order valence-electron chi connectivity index (χ4n) is 2.29. The van der Waals surface area contributed by atoms with Gasteiger partial charge in [-0.05, 0) is 30.3 Å². The molecule has 3 aromatic rings. The van der Waals surface area contributed by atoms with E-state index >= 15 is 0 Å². The molecule has 0 spiro atoms. The molecule has 0 fully saturated rings. The third-order valence-electron chi connectivity index (χ3n) is 3.52. The zero-order chi connectivity index (χ0) is 19.1. The van der Waals surface area contributed by atoms with Crippen molar-refractivity contribution >= 4 is 17.1 Å². The summed E-state index contributed by atoms with van der Waals surface area (Å²) in [7, 11) is 0. The number of hydrogen-bond donors (Lipinski definition) is 1. The average Bonchev–Trinajstić information content (AvgIpc) is 3.00. The molecule has 136 valence electrons. The predicted octanol–water partition coefficient (Wildman–Crippen LogP) is 4.62. The van der Waals surface area contributed by atoms with Gasteiger partial charge in [-0.1, -0.05) is 0 Å². The molecule has 26 heavy (non-hydrogen) atoms. The van der Waals surface area contributed by atoms with Crippen molar-refractivity contribution in [1.82, 2.24) is 9.38 Å². The van der Waals surface area contributed by atoms with Crippen LogP contribution >= 0.6 is 0 Å². The van der Waals surface area contributed by atoms with E-state index < -0.39 is 35.1 Å². The van der Waals surface area contributed by atoms with Crippen molar-refractivity contribution in [3.8, 4) is 0 Å². The smallest absolute Gasteiger partial charge is 0.322 e. The highest BCUT2D eigenvalue weighted by atomic mass is 19.4.